The van der Waals surface area contributed by atoms with Gasteiger partial charge in [0.15, 0.2) is 5.78 Å². The summed E-state index contributed by atoms with van der Waals surface area (Å²) in [6, 6.07) is -1.13. The van der Waals surface area contributed by atoms with E-state index in [0.29, 0.717) is 0 Å². The van der Waals surface area contributed by atoms with E-state index in [4.69, 9.17) is 21.1 Å². The van der Waals surface area contributed by atoms with Crippen LogP contribution in [0.15, 0.2) is 0 Å². The lowest BCUT2D eigenvalue weighted by atomic mass is 10.0. The van der Waals surface area contributed by atoms with Gasteiger partial charge in [0, 0.05) is 0 Å². The summed E-state index contributed by atoms with van der Waals surface area (Å²) in [5.41, 5.74) is 5.17. The fourth-order valence-electron chi connectivity index (χ4n) is 0.550. The molecule has 11 heavy (non-hydrogen) atoms. The lowest BCUT2D eigenvalue weighted by Crippen LogP contribution is -2.46. The largest absolute Gasteiger partial charge is 0.393 e. The second-order valence-corrected chi connectivity index (χ2v) is 2.37. The number of carbonyl (C=O) groups excluding carboxylic acids is 1. The maximum absolute atomic E-state index is 10.8. The number of ketones is 1. The number of rotatable bonds is 4. The summed E-state index contributed by atoms with van der Waals surface area (Å²) >= 11 is 0. The van der Waals surface area contributed by atoms with Gasteiger partial charge in [-0.3, -0.25) is 4.79 Å². The highest BCUT2D eigenvalue weighted by atomic mass is 16.3. The number of aliphatic hydroxyl groups excluding tert-OH is 3. The van der Waals surface area contributed by atoms with Crippen LogP contribution in [0, 0.1) is 0 Å². The van der Waals surface area contributed by atoms with E-state index in [2.05, 4.69) is 0 Å². The van der Waals surface area contributed by atoms with Crippen molar-refractivity contribution in [1.82, 2.24) is 0 Å². The normalized spacial score (nSPS) is 19.0. The molecule has 0 amide bonds. The van der Waals surface area contributed by atoms with Crippen molar-refractivity contribution in [2.45, 2.75) is 25.2 Å². The van der Waals surface area contributed by atoms with Gasteiger partial charge >= 0.3 is 0 Å². The summed E-state index contributed by atoms with van der Waals surface area (Å²) in [6.45, 7) is 0.673. The fourth-order valence-corrected chi connectivity index (χ4v) is 0.550. The van der Waals surface area contributed by atoms with Gasteiger partial charge in [-0.25, -0.2) is 0 Å². The Kier molecular flexibility index (Phi) is 4.20. The molecular formula is C6H13NO4. The summed E-state index contributed by atoms with van der Waals surface area (Å²) in [7, 11) is 0. The Bertz CT molecular complexity index is 137. The van der Waals surface area contributed by atoms with Crippen molar-refractivity contribution < 1.29 is 20.1 Å². The predicted octanol–water partition coefficient (Wildman–Crippen LogP) is -2.38. The van der Waals surface area contributed by atoms with Crippen LogP contribution in [0.3, 0.4) is 0 Å². The van der Waals surface area contributed by atoms with Crippen molar-refractivity contribution in [1.29, 1.82) is 0 Å². The highest BCUT2D eigenvalue weighted by Gasteiger charge is 2.24. The molecule has 3 atom stereocenters. The Morgan fingerprint density at radius 2 is 2.00 bits per heavy atom. The van der Waals surface area contributed by atoms with Crippen LogP contribution in [0.1, 0.15) is 6.92 Å². The van der Waals surface area contributed by atoms with Gasteiger partial charge in [-0.05, 0) is 6.92 Å². The molecule has 0 aromatic carbocycles. The van der Waals surface area contributed by atoms with E-state index < -0.39 is 30.6 Å². The van der Waals surface area contributed by atoms with Crippen LogP contribution >= 0.6 is 0 Å². The second kappa shape index (κ2) is 4.40. The number of Topliss-reactive ketones (excluding diaryl/α,β-unsaturated/α-hetero) is 1. The van der Waals surface area contributed by atoms with Crippen LogP contribution in [-0.2, 0) is 4.79 Å². The van der Waals surface area contributed by atoms with E-state index in [9.17, 15) is 4.79 Å². The van der Waals surface area contributed by atoms with Crippen molar-refractivity contribution in [3.05, 3.63) is 0 Å². The van der Waals surface area contributed by atoms with Crippen molar-refractivity contribution in [3.63, 3.8) is 0 Å². The Labute approximate surface area is 64.4 Å². The molecule has 0 aliphatic carbocycles. The molecule has 0 aromatic heterocycles. The first-order valence-electron chi connectivity index (χ1n) is 3.27. The van der Waals surface area contributed by atoms with Crippen LogP contribution in [0.4, 0.5) is 0 Å². The molecule has 5 N–H and O–H groups in total. The predicted molar refractivity (Wildman–Crippen MR) is 37.8 cm³/mol. The summed E-state index contributed by atoms with van der Waals surface area (Å²) in [4.78, 5) is 10.8. The van der Waals surface area contributed by atoms with Gasteiger partial charge < -0.3 is 21.1 Å². The van der Waals surface area contributed by atoms with Crippen LogP contribution < -0.4 is 5.73 Å². The molecule has 0 unspecified atom stereocenters. The van der Waals surface area contributed by atoms with Crippen molar-refractivity contribution in [3.8, 4) is 0 Å². The highest BCUT2D eigenvalue weighted by molar-refractivity contribution is 5.88. The zero-order chi connectivity index (χ0) is 9.02. The third-order valence-corrected chi connectivity index (χ3v) is 1.35. The molecule has 0 radical (unpaired) electrons. The van der Waals surface area contributed by atoms with Crippen LogP contribution in [0.2, 0.25) is 0 Å². The second-order valence-electron chi connectivity index (χ2n) is 2.37. The minimum Gasteiger partial charge on any atom is -0.393 e. The summed E-state index contributed by atoms with van der Waals surface area (Å²) < 4.78 is 0. The van der Waals surface area contributed by atoms with E-state index >= 15 is 0 Å². The number of nitrogens with two attached hydrogens (primary N) is 1. The van der Waals surface area contributed by atoms with Gasteiger partial charge in [-0.15, -0.1) is 0 Å². The Morgan fingerprint density at radius 3 is 2.27 bits per heavy atom. The van der Waals surface area contributed by atoms with E-state index in [1.54, 1.807) is 0 Å². The Balaban J connectivity index is 4.02. The fraction of sp³-hybridized carbons (Fsp3) is 0.833. The smallest absolute Gasteiger partial charge is 0.182 e. The van der Waals surface area contributed by atoms with Gasteiger partial charge in [-0.1, -0.05) is 0 Å². The molecule has 0 aromatic rings. The van der Waals surface area contributed by atoms with Gasteiger partial charge in [0.05, 0.1) is 18.8 Å². The van der Waals surface area contributed by atoms with Crippen LogP contribution in [0.5, 0.6) is 0 Å². The summed E-state index contributed by atoms with van der Waals surface area (Å²) in [5, 5.41) is 25.9. The minimum absolute atomic E-state index is 0.667. The molecule has 0 aliphatic rings. The van der Waals surface area contributed by atoms with Crippen molar-refractivity contribution in [2.24, 2.45) is 5.73 Å². The van der Waals surface area contributed by atoms with E-state index in [0.717, 1.165) is 0 Å². The van der Waals surface area contributed by atoms with Gasteiger partial charge in [-0.2, -0.15) is 0 Å². The maximum atomic E-state index is 10.8. The van der Waals surface area contributed by atoms with Crippen molar-refractivity contribution >= 4 is 5.78 Å². The van der Waals surface area contributed by atoms with Crippen LogP contribution in [0.25, 0.3) is 0 Å². The lowest BCUT2D eigenvalue weighted by Gasteiger charge is -2.15. The van der Waals surface area contributed by atoms with Gasteiger partial charge in [0.1, 0.15) is 6.10 Å². The molecule has 0 rings (SSSR count). The zero-order valence-electron chi connectivity index (χ0n) is 6.27. The third-order valence-electron chi connectivity index (χ3n) is 1.35. The Morgan fingerprint density at radius 1 is 1.55 bits per heavy atom. The average Bonchev–Trinajstić information content (AvgIpc) is 2.00. The zero-order valence-corrected chi connectivity index (χ0v) is 6.27. The Hall–Kier alpha value is -0.490. The monoisotopic (exact) mass is 163 g/mol. The maximum Gasteiger partial charge on any atom is 0.182 e. The van der Waals surface area contributed by atoms with E-state index in [1.807, 2.05) is 0 Å². The van der Waals surface area contributed by atoms with Crippen LogP contribution in [-0.4, -0.2) is 46.0 Å². The summed E-state index contributed by atoms with van der Waals surface area (Å²) in [6.07, 6.45) is -2.50. The quantitative estimate of drug-likeness (QED) is 0.370. The molecule has 0 aliphatic heterocycles. The molecule has 0 heterocycles. The molecule has 0 saturated heterocycles. The number of hydrogen-bond donors (Lipinski definition) is 4. The standard InChI is InChI=1S/C6H13NO4/c1-3(9)5(7)6(11)4(10)2-8/h3-5,8-10H,2,7H2,1H3/t3-,4-,5-/m1/s1. The molecule has 0 fully saturated rings. The molecule has 5 heteroatoms. The van der Waals surface area contributed by atoms with E-state index in [-0.39, 0.29) is 0 Å². The number of aliphatic hydroxyl groups is 3. The number of hydrogen-bond acceptors (Lipinski definition) is 5. The third kappa shape index (κ3) is 2.94. The average molecular weight is 163 g/mol. The lowest BCUT2D eigenvalue weighted by molar-refractivity contribution is -0.132. The molecule has 0 saturated carbocycles. The highest BCUT2D eigenvalue weighted by Crippen LogP contribution is 1.95. The summed E-state index contributed by atoms with van der Waals surface area (Å²) in [5.74, 6) is -0.748. The molecule has 66 valence electrons. The molecule has 0 bridgehead atoms. The van der Waals surface area contributed by atoms with E-state index in [1.165, 1.54) is 6.92 Å². The van der Waals surface area contributed by atoms with Gasteiger partial charge in [0.2, 0.25) is 0 Å². The topological polar surface area (TPSA) is 104 Å². The minimum atomic E-state index is -1.49. The molecule has 0 spiro atoms. The first-order chi connectivity index (χ1) is 5.00. The van der Waals surface area contributed by atoms with Gasteiger partial charge in [0.25, 0.3) is 0 Å². The SMILES string of the molecule is C[C@@H](O)[C@@H](N)C(=O)[C@H](O)CO. The molecular weight excluding hydrogens is 150 g/mol. The van der Waals surface area contributed by atoms with Crippen molar-refractivity contribution in [2.75, 3.05) is 6.61 Å². The number of carbonyl (C=O) groups is 1. The first-order valence-corrected chi connectivity index (χ1v) is 3.27. The first kappa shape index (κ1) is 10.5. The molecule has 5 nitrogen and oxygen atoms in total.